The lowest BCUT2D eigenvalue weighted by atomic mass is 10.1. The molecular weight excluding hydrogens is 260 g/mol. The molecule has 0 spiro atoms. The van der Waals surface area contributed by atoms with Crippen LogP contribution in [0.1, 0.15) is 33.1 Å². The van der Waals surface area contributed by atoms with Crippen LogP contribution in [0.2, 0.25) is 0 Å². The second-order valence-electron chi connectivity index (χ2n) is 4.15. The molecule has 0 rings (SSSR count). The largest absolute Gasteiger partial charge is 0.458 e. The molecule has 0 saturated carbocycles. The van der Waals surface area contributed by atoms with E-state index in [1.54, 1.807) is 18.2 Å². The van der Waals surface area contributed by atoms with Gasteiger partial charge in [-0.2, -0.15) is 0 Å². The van der Waals surface area contributed by atoms with Crippen LogP contribution < -0.4 is 0 Å². The monoisotopic (exact) mass is 282 g/mol. The third kappa shape index (κ3) is 13.8. The first-order chi connectivity index (χ1) is 10.2. The minimum Gasteiger partial charge on any atom is -0.458 e. The number of hydrogen-bond donors (Lipinski definition) is 0. The van der Waals surface area contributed by atoms with E-state index in [9.17, 15) is 4.79 Å². The predicted molar refractivity (Wildman–Crippen MR) is 88.2 cm³/mol. The zero-order chi connectivity index (χ0) is 15.8. The average Bonchev–Trinajstić information content (AvgIpc) is 2.45. The second kappa shape index (κ2) is 14.0. The molecule has 0 aromatic rings. The Balaban J connectivity index is 4.32. The van der Waals surface area contributed by atoms with Gasteiger partial charge in [-0.05, 0) is 56.3 Å². The summed E-state index contributed by atoms with van der Waals surface area (Å²) in [6.07, 6.45) is 15.1. The van der Waals surface area contributed by atoms with Crippen LogP contribution in [0, 0.1) is 23.7 Å². The summed E-state index contributed by atoms with van der Waals surface area (Å²) in [5.41, 5.74) is 0. The van der Waals surface area contributed by atoms with Crippen molar-refractivity contribution in [2.24, 2.45) is 0 Å². The summed E-state index contributed by atoms with van der Waals surface area (Å²) in [5, 5.41) is 0. The third-order valence-corrected chi connectivity index (χ3v) is 2.29. The number of carbonyl (C=O) groups is 1. The van der Waals surface area contributed by atoms with Gasteiger partial charge < -0.3 is 4.74 Å². The van der Waals surface area contributed by atoms with E-state index in [-0.39, 0.29) is 12.1 Å². The van der Waals surface area contributed by atoms with E-state index in [0.29, 0.717) is 0 Å². The fraction of sp³-hybridized carbons (Fsp3) is 0.316. The molecule has 1 atom stereocenters. The summed E-state index contributed by atoms with van der Waals surface area (Å²) in [4.78, 5) is 11.0. The molecule has 0 aliphatic rings. The quantitative estimate of drug-likeness (QED) is 0.232. The summed E-state index contributed by atoms with van der Waals surface area (Å²) in [6.45, 7) is 6.99. The molecule has 0 N–H and O–H groups in total. The van der Waals surface area contributed by atoms with Crippen molar-refractivity contribution in [2.75, 3.05) is 0 Å². The Morgan fingerprint density at radius 2 is 1.95 bits per heavy atom. The van der Waals surface area contributed by atoms with Crippen LogP contribution in [0.5, 0.6) is 0 Å². The minimum absolute atomic E-state index is 0.199. The molecule has 0 aliphatic heterocycles. The molecule has 2 heteroatoms. The zero-order valence-electron chi connectivity index (χ0n) is 12.8. The highest BCUT2D eigenvalue weighted by Gasteiger charge is 2.06. The molecule has 0 bridgehead atoms. The van der Waals surface area contributed by atoms with Crippen LogP contribution in [0.4, 0.5) is 0 Å². The highest BCUT2D eigenvalue weighted by molar-refractivity contribution is 5.66. The Morgan fingerprint density at radius 1 is 1.24 bits per heavy atom. The predicted octanol–water partition coefficient (Wildman–Crippen LogP) is 3.97. The van der Waals surface area contributed by atoms with Crippen molar-refractivity contribution in [3.8, 4) is 23.7 Å². The lowest BCUT2D eigenvalue weighted by Crippen LogP contribution is -2.13. The fourth-order valence-corrected chi connectivity index (χ4v) is 1.40. The molecule has 0 aromatic carbocycles. The number of carbonyl (C=O) groups excluding carboxylic acids is 1. The molecular formula is C19H22O2. The Kier molecular flexibility index (Phi) is 12.3. The Morgan fingerprint density at radius 3 is 2.57 bits per heavy atom. The average molecular weight is 282 g/mol. The van der Waals surface area contributed by atoms with Gasteiger partial charge in [0.1, 0.15) is 6.10 Å². The molecule has 0 radical (unpaired) electrons. The topological polar surface area (TPSA) is 26.3 Å². The molecule has 21 heavy (non-hydrogen) atoms. The number of unbranched alkanes of at least 4 members (excludes halogenated alkanes) is 1. The Labute approximate surface area is 128 Å². The summed E-state index contributed by atoms with van der Waals surface area (Å²) >= 11 is 0. The van der Waals surface area contributed by atoms with Crippen molar-refractivity contribution < 1.29 is 9.53 Å². The van der Waals surface area contributed by atoms with E-state index in [1.807, 2.05) is 31.2 Å². The molecule has 1 unspecified atom stereocenters. The molecule has 2 nitrogen and oxygen atoms in total. The van der Waals surface area contributed by atoms with Crippen molar-refractivity contribution in [1.29, 1.82) is 0 Å². The lowest BCUT2D eigenvalue weighted by molar-refractivity contribution is -0.144. The zero-order valence-corrected chi connectivity index (χ0v) is 12.8. The van der Waals surface area contributed by atoms with Gasteiger partial charge in [0.15, 0.2) is 0 Å². The van der Waals surface area contributed by atoms with Gasteiger partial charge in [0, 0.05) is 6.92 Å². The van der Waals surface area contributed by atoms with E-state index < -0.39 is 0 Å². The molecule has 0 amide bonds. The highest BCUT2D eigenvalue weighted by Crippen LogP contribution is 2.07. The molecule has 0 aliphatic carbocycles. The highest BCUT2D eigenvalue weighted by atomic mass is 16.5. The minimum atomic E-state index is -0.272. The van der Waals surface area contributed by atoms with E-state index in [4.69, 9.17) is 4.74 Å². The first-order valence-corrected chi connectivity index (χ1v) is 6.94. The SMILES string of the molecule is C=CCCCC(C=CC=CC#CC#CC=CC)OC(C)=O. The number of rotatable bonds is 7. The van der Waals surface area contributed by atoms with Gasteiger partial charge >= 0.3 is 5.97 Å². The van der Waals surface area contributed by atoms with Crippen LogP contribution >= 0.6 is 0 Å². The van der Waals surface area contributed by atoms with E-state index >= 15 is 0 Å². The van der Waals surface area contributed by atoms with Crippen LogP contribution in [-0.2, 0) is 9.53 Å². The van der Waals surface area contributed by atoms with E-state index in [0.717, 1.165) is 19.3 Å². The first kappa shape index (κ1) is 18.6. The maximum Gasteiger partial charge on any atom is 0.303 e. The number of allylic oxidation sites excluding steroid dienone is 6. The van der Waals surface area contributed by atoms with Crippen LogP contribution in [0.3, 0.4) is 0 Å². The maximum atomic E-state index is 11.0. The molecule has 0 aromatic heterocycles. The summed E-state index contributed by atoms with van der Waals surface area (Å²) in [7, 11) is 0. The van der Waals surface area contributed by atoms with Crippen LogP contribution in [-0.4, -0.2) is 12.1 Å². The van der Waals surface area contributed by atoms with Gasteiger partial charge in [-0.3, -0.25) is 4.79 Å². The fourth-order valence-electron chi connectivity index (χ4n) is 1.40. The van der Waals surface area contributed by atoms with Crippen molar-refractivity contribution in [3.05, 3.63) is 49.1 Å². The van der Waals surface area contributed by atoms with Gasteiger partial charge in [-0.15, -0.1) is 6.58 Å². The normalized spacial score (nSPS) is 11.7. The van der Waals surface area contributed by atoms with Crippen molar-refractivity contribution in [3.63, 3.8) is 0 Å². The Bertz CT molecular complexity index is 513. The van der Waals surface area contributed by atoms with E-state index in [1.165, 1.54) is 6.92 Å². The van der Waals surface area contributed by atoms with Gasteiger partial charge in [0.25, 0.3) is 0 Å². The molecule has 0 saturated heterocycles. The van der Waals surface area contributed by atoms with Gasteiger partial charge in [0.2, 0.25) is 0 Å². The van der Waals surface area contributed by atoms with Crippen LogP contribution in [0.15, 0.2) is 49.1 Å². The molecule has 0 fully saturated rings. The Hall–Kier alpha value is -2.45. The van der Waals surface area contributed by atoms with Crippen molar-refractivity contribution in [1.82, 2.24) is 0 Å². The summed E-state index contributed by atoms with van der Waals surface area (Å²) in [5.74, 6) is 10.7. The number of ether oxygens (including phenoxy) is 1. The first-order valence-electron chi connectivity index (χ1n) is 6.94. The smallest absolute Gasteiger partial charge is 0.303 e. The summed E-state index contributed by atoms with van der Waals surface area (Å²) in [6, 6.07) is 0. The van der Waals surface area contributed by atoms with Gasteiger partial charge in [-0.1, -0.05) is 36.1 Å². The summed E-state index contributed by atoms with van der Waals surface area (Å²) < 4.78 is 5.21. The number of esters is 1. The third-order valence-electron chi connectivity index (χ3n) is 2.29. The van der Waals surface area contributed by atoms with E-state index in [2.05, 4.69) is 30.3 Å². The lowest BCUT2D eigenvalue weighted by Gasteiger charge is -2.11. The maximum absolute atomic E-state index is 11.0. The van der Waals surface area contributed by atoms with Gasteiger partial charge in [0.05, 0.1) is 0 Å². The van der Waals surface area contributed by atoms with Gasteiger partial charge in [-0.25, -0.2) is 0 Å². The van der Waals surface area contributed by atoms with Crippen molar-refractivity contribution >= 4 is 5.97 Å². The van der Waals surface area contributed by atoms with Crippen LogP contribution in [0.25, 0.3) is 0 Å². The van der Waals surface area contributed by atoms with Crippen molar-refractivity contribution in [2.45, 2.75) is 39.2 Å². The molecule has 110 valence electrons. The number of hydrogen-bond acceptors (Lipinski definition) is 2. The standard InChI is InChI=1S/C19H22O2/c1-4-6-8-9-10-11-12-13-15-17-19(21-18(3)20)16-14-7-5-2/h4-6,12-13,15,17,19H,2,7,14,16H2,1,3H3. The second-order valence-corrected chi connectivity index (χ2v) is 4.15. The molecule has 0 heterocycles.